The summed E-state index contributed by atoms with van der Waals surface area (Å²) in [6, 6.07) is 7.76. The summed E-state index contributed by atoms with van der Waals surface area (Å²) >= 11 is 0. The number of hydrogen-bond donors (Lipinski definition) is 2. The minimum atomic E-state index is -0.0777. The zero-order valence-corrected chi connectivity index (χ0v) is 12.2. The quantitative estimate of drug-likeness (QED) is 0.658. The second-order valence-corrected chi connectivity index (χ2v) is 4.87. The third kappa shape index (κ3) is 4.27. The summed E-state index contributed by atoms with van der Waals surface area (Å²) in [6.45, 7) is 2.42. The van der Waals surface area contributed by atoms with E-state index in [1.54, 1.807) is 12.0 Å². The second-order valence-electron chi connectivity index (χ2n) is 4.87. The number of anilines is 1. The first-order chi connectivity index (χ1) is 10.2. The van der Waals surface area contributed by atoms with Crippen molar-refractivity contribution < 1.29 is 14.3 Å². The van der Waals surface area contributed by atoms with E-state index in [1.807, 2.05) is 24.3 Å². The number of nitrogens with zero attached hydrogens (tertiary/aromatic N) is 1. The average Bonchev–Trinajstić information content (AvgIpc) is 2.80. The van der Waals surface area contributed by atoms with Crippen molar-refractivity contribution in [3.63, 3.8) is 0 Å². The van der Waals surface area contributed by atoms with Crippen molar-refractivity contribution in [3.8, 4) is 0 Å². The van der Waals surface area contributed by atoms with Crippen LogP contribution in [-0.4, -0.2) is 51.7 Å². The maximum absolute atomic E-state index is 11.9. The van der Waals surface area contributed by atoms with Gasteiger partial charge in [-0.2, -0.15) is 0 Å². The molecule has 1 aromatic rings. The first-order valence-corrected chi connectivity index (χ1v) is 7.07. The topological polar surface area (TPSA) is 70.7 Å². The Kier molecular flexibility index (Phi) is 5.71. The normalized spacial score (nSPS) is 13.4. The summed E-state index contributed by atoms with van der Waals surface area (Å²) in [5, 5.41) is 5.77. The van der Waals surface area contributed by atoms with Crippen LogP contribution in [0.2, 0.25) is 0 Å². The molecule has 0 spiro atoms. The number of methoxy groups -OCH3 is 1. The lowest BCUT2D eigenvalue weighted by molar-refractivity contribution is -0.120. The van der Waals surface area contributed by atoms with E-state index in [-0.39, 0.29) is 18.4 Å². The molecule has 0 radical (unpaired) electrons. The molecule has 6 nitrogen and oxygen atoms in total. The second kappa shape index (κ2) is 7.75. The first kappa shape index (κ1) is 15.5. The molecule has 0 atom stereocenters. The molecule has 0 unspecified atom stereocenters. The highest BCUT2D eigenvalue weighted by molar-refractivity contribution is 6.01. The fraction of sp³-hybridized carbons (Fsp3) is 0.467. The molecule has 1 heterocycles. The Balaban J connectivity index is 1.71. The van der Waals surface area contributed by atoms with Crippen molar-refractivity contribution in [2.45, 2.75) is 6.42 Å². The third-order valence-electron chi connectivity index (χ3n) is 3.35. The van der Waals surface area contributed by atoms with Crippen molar-refractivity contribution in [2.24, 2.45) is 0 Å². The number of ether oxygens (including phenoxy) is 1. The van der Waals surface area contributed by atoms with Crippen molar-refractivity contribution in [3.05, 3.63) is 29.8 Å². The first-order valence-electron chi connectivity index (χ1n) is 7.07. The van der Waals surface area contributed by atoms with Gasteiger partial charge in [-0.25, -0.2) is 0 Å². The third-order valence-corrected chi connectivity index (χ3v) is 3.35. The molecular weight excluding hydrogens is 270 g/mol. The van der Waals surface area contributed by atoms with Crippen molar-refractivity contribution in [2.75, 3.05) is 44.8 Å². The van der Waals surface area contributed by atoms with Gasteiger partial charge >= 0.3 is 0 Å². The minimum absolute atomic E-state index is 0.0777. The molecule has 2 rings (SSSR count). The number of benzene rings is 1. The van der Waals surface area contributed by atoms with Gasteiger partial charge in [0.15, 0.2) is 0 Å². The molecule has 2 amide bonds. The molecule has 0 saturated heterocycles. The molecule has 1 aromatic carbocycles. The molecule has 1 aliphatic rings. The highest BCUT2D eigenvalue weighted by Crippen LogP contribution is 2.27. The van der Waals surface area contributed by atoms with Gasteiger partial charge in [-0.05, 0) is 11.6 Å². The number of hydrogen-bond acceptors (Lipinski definition) is 4. The molecule has 0 aromatic heterocycles. The van der Waals surface area contributed by atoms with Gasteiger partial charge < -0.3 is 20.3 Å². The van der Waals surface area contributed by atoms with Crippen LogP contribution in [0.5, 0.6) is 0 Å². The Labute approximate surface area is 124 Å². The van der Waals surface area contributed by atoms with Crippen LogP contribution in [0.4, 0.5) is 5.69 Å². The van der Waals surface area contributed by atoms with Crippen LogP contribution in [-0.2, 0) is 20.7 Å². The van der Waals surface area contributed by atoms with E-state index in [1.165, 1.54) is 0 Å². The van der Waals surface area contributed by atoms with E-state index < -0.39 is 0 Å². The van der Waals surface area contributed by atoms with Gasteiger partial charge in [-0.3, -0.25) is 9.59 Å². The summed E-state index contributed by atoms with van der Waals surface area (Å²) < 4.78 is 4.88. The average molecular weight is 291 g/mol. The minimum Gasteiger partial charge on any atom is -0.383 e. The predicted molar refractivity (Wildman–Crippen MR) is 80.3 cm³/mol. The molecule has 114 valence electrons. The maximum Gasteiger partial charge on any atom is 0.234 e. The summed E-state index contributed by atoms with van der Waals surface area (Å²) in [6.07, 6.45) is 0.447. The van der Waals surface area contributed by atoms with Crippen LogP contribution < -0.4 is 15.5 Å². The van der Waals surface area contributed by atoms with E-state index >= 15 is 0 Å². The number of amides is 2. The van der Waals surface area contributed by atoms with Crippen LogP contribution in [0.1, 0.15) is 5.56 Å². The van der Waals surface area contributed by atoms with Crippen LogP contribution in [0.3, 0.4) is 0 Å². The SMILES string of the molecule is COCCNCC(=O)NCCN1C(=O)Cc2ccccc21. The van der Waals surface area contributed by atoms with Crippen LogP contribution in [0.25, 0.3) is 0 Å². The van der Waals surface area contributed by atoms with E-state index in [0.29, 0.717) is 32.7 Å². The number of carbonyl (C=O) groups is 2. The monoisotopic (exact) mass is 291 g/mol. The number of rotatable bonds is 8. The largest absolute Gasteiger partial charge is 0.383 e. The number of fused-ring (bicyclic) bond motifs is 1. The number of carbonyl (C=O) groups excluding carboxylic acids is 2. The highest BCUT2D eigenvalue weighted by Gasteiger charge is 2.26. The predicted octanol–water partition coefficient (Wildman–Crippen LogP) is -0.0721. The van der Waals surface area contributed by atoms with Crippen LogP contribution in [0.15, 0.2) is 24.3 Å². The lowest BCUT2D eigenvalue weighted by Crippen LogP contribution is -2.40. The molecule has 0 bridgehead atoms. The Hall–Kier alpha value is -1.92. The fourth-order valence-electron chi connectivity index (χ4n) is 2.31. The summed E-state index contributed by atoms with van der Waals surface area (Å²) in [5.74, 6) is 0.00898. The maximum atomic E-state index is 11.9. The van der Waals surface area contributed by atoms with E-state index in [4.69, 9.17) is 4.74 Å². The summed E-state index contributed by atoms with van der Waals surface area (Å²) in [7, 11) is 1.62. The zero-order valence-electron chi connectivity index (χ0n) is 12.2. The molecule has 1 aliphatic heterocycles. The number of para-hydroxylation sites is 1. The van der Waals surface area contributed by atoms with Crippen LogP contribution >= 0.6 is 0 Å². The van der Waals surface area contributed by atoms with Gasteiger partial charge in [0.25, 0.3) is 0 Å². The van der Waals surface area contributed by atoms with Gasteiger partial charge in [-0.1, -0.05) is 18.2 Å². The van der Waals surface area contributed by atoms with E-state index in [9.17, 15) is 9.59 Å². The zero-order chi connectivity index (χ0) is 15.1. The lowest BCUT2D eigenvalue weighted by atomic mass is 10.2. The summed E-state index contributed by atoms with van der Waals surface area (Å²) in [4.78, 5) is 25.3. The fourth-order valence-corrected chi connectivity index (χ4v) is 2.31. The Morgan fingerprint density at radius 1 is 1.33 bits per heavy atom. The lowest BCUT2D eigenvalue weighted by Gasteiger charge is -2.17. The van der Waals surface area contributed by atoms with Crippen molar-refractivity contribution in [1.29, 1.82) is 0 Å². The molecule has 6 heteroatoms. The van der Waals surface area contributed by atoms with E-state index in [2.05, 4.69) is 10.6 Å². The molecule has 0 fully saturated rings. The van der Waals surface area contributed by atoms with E-state index in [0.717, 1.165) is 11.3 Å². The summed E-state index contributed by atoms with van der Waals surface area (Å²) in [5.41, 5.74) is 2.00. The Morgan fingerprint density at radius 3 is 2.95 bits per heavy atom. The molecule has 21 heavy (non-hydrogen) atoms. The van der Waals surface area contributed by atoms with Gasteiger partial charge in [0.2, 0.25) is 11.8 Å². The smallest absolute Gasteiger partial charge is 0.234 e. The Bertz CT molecular complexity index is 505. The number of nitrogens with one attached hydrogen (secondary N) is 2. The molecule has 2 N–H and O–H groups in total. The van der Waals surface area contributed by atoms with Gasteiger partial charge in [0, 0.05) is 32.4 Å². The molecule has 0 aliphatic carbocycles. The standard InChI is InChI=1S/C15H21N3O3/c1-21-9-7-16-11-14(19)17-6-8-18-13-5-3-2-4-12(13)10-15(18)20/h2-5,16H,6-11H2,1H3,(H,17,19). The van der Waals surface area contributed by atoms with Crippen LogP contribution in [0, 0.1) is 0 Å². The Morgan fingerprint density at radius 2 is 2.14 bits per heavy atom. The van der Waals surface area contributed by atoms with Crippen molar-refractivity contribution in [1.82, 2.24) is 10.6 Å². The van der Waals surface area contributed by atoms with Gasteiger partial charge in [-0.15, -0.1) is 0 Å². The molecule has 0 saturated carbocycles. The molecular formula is C15H21N3O3. The van der Waals surface area contributed by atoms with Gasteiger partial charge in [0.1, 0.15) is 0 Å². The van der Waals surface area contributed by atoms with Gasteiger partial charge in [0.05, 0.1) is 19.6 Å². The van der Waals surface area contributed by atoms with Crippen molar-refractivity contribution >= 4 is 17.5 Å². The highest BCUT2D eigenvalue weighted by atomic mass is 16.5.